The maximum atomic E-state index is 15.8. The van der Waals surface area contributed by atoms with Gasteiger partial charge in [0, 0.05) is 25.2 Å². The molecule has 2 aromatic rings. The fourth-order valence-corrected chi connectivity index (χ4v) is 9.69. The second-order valence-corrected chi connectivity index (χ2v) is 16.7. The Labute approximate surface area is 350 Å². The molecular weight excluding hydrogens is 813 g/mol. The van der Waals surface area contributed by atoms with Crippen LogP contribution in [0, 0.1) is 16.7 Å². The van der Waals surface area contributed by atoms with Crippen LogP contribution in [0.4, 0.5) is 0 Å². The van der Waals surface area contributed by atoms with Crippen molar-refractivity contribution in [2.75, 3.05) is 18.4 Å². The van der Waals surface area contributed by atoms with Gasteiger partial charge in [0.05, 0.1) is 29.5 Å². The van der Waals surface area contributed by atoms with Gasteiger partial charge in [-0.2, -0.15) is 0 Å². The van der Waals surface area contributed by atoms with Gasteiger partial charge in [-0.25, -0.2) is 9.59 Å². The number of alkyl halides is 2. The van der Waals surface area contributed by atoms with Gasteiger partial charge in [0.25, 0.3) is 0 Å². The first kappa shape index (κ1) is 44.2. The number of Topliss-reactive ketones (excluding diaryl/α,β-unsaturated/α-hetero) is 1. The summed E-state index contributed by atoms with van der Waals surface area (Å²) in [6, 6.07) is 14.8. The Morgan fingerprint density at radius 3 is 2.07 bits per heavy atom. The van der Waals surface area contributed by atoms with Crippen LogP contribution in [0.5, 0.6) is 0 Å². The van der Waals surface area contributed by atoms with Gasteiger partial charge >= 0.3 is 29.8 Å². The molecule has 3 aliphatic carbocycles. The fraction of sp³-hybridized carbons (Fsp3) is 0.524. The summed E-state index contributed by atoms with van der Waals surface area (Å²) in [7, 11) is 0. The molecule has 0 spiro atoms. The first-order valence-corrected chi connectivity index (χ1v) is 20.1. The molecule has 17 heteroatoms. The maximum absolute atomic E-state index is 15.8. The monoisotopic (exact) mass is 859 g/mol. The number of esters is 5. The summed E-state index contributed by atoms with van der Waals surface area (Å²) >= 11 is 11.9. The molecule has 1 heterocycles. The lowest BCUT2D eigenvalue weighted by Gasteiger charge is -2.67. The second-order valence-electron chi connectivity index (χ2n) is 16.2. The highest BCUT2D eigenvalue weighted by atomic mass is 35.5. The summed E-state index contributed by atoms with van der Waals surface area (Å²) in [5.41, 5.74) is -1.24. The highest BCUT2D eigenvalue weighted by molar-refractivity contribution is 6.26. The molecule has 318 valence electrons. The number of fused-ring (bicyclic) bond motifs is 5. The van der Waals surface area contributed by atoms with Gasteiger partial charge in [-0.15, -0.1) is 23.2 Å². The number of carbonyl (C=O) groups is 6. The standard InChI is InChI=1S/C42H47Cl2NO14/c1-21-25(55-38(52)32(49)31(45)23-12-8-6-9-13-23)17-42(53)36(58-37(51)24-14-10-7-11-15-24)34-40(5,35(50)33(57-29(48)19-44)30(21)39(42,3)4)26(56-28(47)18-43)16-27-41(34,20-54-27)59-22(2)46/h6-15,25-27,31-34,36,49,53H,16-20,45H2,1-5H3/t25-,26-,27+,31?,32?,33+,34-,36-,40+,41-,42+/m0/s1. The summed E-state index contributed by atoms with van der Waals surface area (Å²) in [6.07, 6.45) is -10.5. The SMILES string of the molecule is CC(=O)O[C@@]12CO[C@@H]1C[C@H](OC(=O)CCl)[C@@]1(C)C(=O)[C@H](OC(=O)CCl)C3=C(C)[C@@H](OC(=O)C(O)C(N)c4ccccc4)C[C@@](O)([C@@H](OC(=O)c4ccccc4)[C@H]21)C3(C)C. The molecule has 0 amide bonds. The number of nitrogens with two attached hydrogens (primary N) is 1. The quantitative estimate of drug-likeness (QED) is 0.128. The first-order chi connectivity index (χ1) is 27.8. The minimum atomic E-state index is -2.42. The van der Waals surface area contributed by atoms with Gasteiger partial charge in [0.2, 0.25) is 0 Å². The van der Waals surface area contributed by atoms with Crippen molar-refractivity contribution in [3.05, 3.63) is 82.9 Å². The van der Waals surface area contributed by atoms with Gasteiger partial charge in [-0.3, -0.25) is 19.2 Å². The molecule has 0 radical (unpaired) electrons. The van der Waals surface area contributed by atoms with Crippen LogP contribution in [0.15, 0.2) is 71.8 Å². The molecule has 0 aromatic heterocycles. The molecule has 3 fully saturated rings. The maximum Gasteiger partial charge on any atom is 0.338 e. The van der Waals surface area contributed by atoms with Gasteiger partial charge in [0.15, 0.2) is 23.6 Å². The summed E-state index contributed by atoms with van der Waals surface area (Å²) in [6.45, 7) is 6.74. The van der Waals surface area contributed by atoms with E-state index in [1.807, 2.05) is 0 Å². The zero-order valence-corrected chi connectivity index (χ0v) is 34.6. The van der Waals surface area contributed by atoms with Crippen LogP contribution in [0.25, 0.3) is 0 Å². The van der Waals surface area contributed by atoms with Crippen LogP contribution in [-0.2, 0) is 52.4 Å². The largest absolute Gasteiger partial charge is 0.460 e. The van der Waals surface area contributed by atoms with Crippen LogP contribution in [0.1, 0.15) is 69.4 Å². The normalized spacial score (nSPS) is 32.9. The van der Waals surface area contributed by atoms with E-state index in [1.54, 1.807) is 48.5 Å². The Kier molecular flexibility index (Phi) is 12.4. The molecule has 15 nitrogen and oxygen atoms in total. The van der Waals surface area contributed by atoms with Gasteiger partial charge in [-0.05, 0) is 42.7 Å². The third-order valence-electron chi connectivity index (χ3n) is 12.6. The summed E-state index contributed by atoms with van der Waals surface area (Å²) in [5.74, 6) is -8.82. The predicted octanol–water partition coefficient (Wildman–Crippen LogP) is 3.27. The van der Waals surface area contributed by atoms with Crippen LogP contribution in [0.2, 0.25) is 0 Å². The molecule has 2 unspecified atom stereocenters. The van der Waals surface area contributed by atoms with Crippen molar-refractivity contribution >= 4 is 58.8 Å². The van der Waals surface area contributed by atoms with E-state index in [0.717, 1.165) is 6.92 Å². The highest BCUT2D eigenvalue weighted by Gasteiger charge is 2.79. The number of carbonyl (C=O) groups excluding carboxylic acids is 6. The van der Waals surface area contributed by atoms with E-state index in [1.165, 1.54) is 39.8 Å². The summed E-state index contributed by atoms with van der Waals surface area (Å²) < 4.78 is 36.2. The second kappa shape index (κ2) is 16.6. The number of hydrogen-bond acceptors (Lipinski definition) is 15. The third-order valence-corrected chi connectivity index (χ3v) is 13.1. The number of benzene rings is 2. The van der Waals surface area contributed by atoms with Crippen LogP contribution < -0.4 is 5.73 Å². The van der Waals surface area contributed by atoms with Crippen molar-refractivity contribution in [3.63, 3.8) is 0 Å². The van der Waals surface area contributed by atoms with Crippen molar-refractivity contribution in [2.45, 2.75) is 101 Å². The number of halogens is 2. The molecule has 6 rings (SSSR count). The molecule has 4 aliphatic rings. The third kappa shape index (κ3) is 7.44. The van der Waals surface area contributed by atoms with Crippen molar-refractivity contribution < 1.29 is 67.4 Å². The van der Waals surface area contributed by atoms with Crippen molar-refractivity contribution in [1.82, 2.24) is 0 Å². The number of aliphatic hydroxyl groups excluding tert-OH is 1. The van der Waals surface area contributed by atoms with Crippen molar-refractivity contribution in [2.24, 2.45) is 22.5 Å². The predicted molar refractivity (Wildman–Crippen MR) is 208 cm³/mol. The number of hydrogen-bond donors (Lipinski definition) is 3. The van der Waals surface area contributed by atoms with E-state index in [2.05, 4.69) is 0 Å². The molecule has 59 heavy (non-hydrogen) atoms. The number of ketones is 1. The highest BCUT2D eigenvalue weighted by Crippen LogP contribution is 2.65. The Bertz CT molecular complexity index is 2030. The van der Waals surface area contributed by atoms with Crippen LogP contribution in [-0.4, -0.2) is 112 Å². The van der Waals surface area contributed by atoms with E-state index >= 15 is 4.79 Å². The Balaban J connectivity index is 1.63. The Morgan fingerprint density at radius 2 is 1.51 bits per heavy atom. The summed E-state index contributed by atoms with van der Waals surface area (Å²) in [4.78, 5) is 83.2. The lowest BCUT2D eigenvalue weighted by Crippen LogP contribution is -2.82. The minimum Gasteiger partial charge on any atom is -0.460 e. The van der Waals surface area contributed by atoms with E-state index in [9.17, 15) is 34.2 Å². The molecule has 1 aliphatic heterocycles. The minimum absolute atomic E-state index is 0.0468. The van der Waals surface area contributed by atoms with Crippen molar-refractivity contribution in [1.29, 1.82) is 0 Å². The Hall–Kier alpha value is -4.38. The van der Waals surface area contributed by atoms with Crippen LogP contribution in [0.3, 0.4) is 0 Å². The number of rotatable bonds is 11. The van der Waals surface area contributed by atoms with Crippen LogP contribution >= 0.6 is 23.2 Å². The first-order valence-electron chi connectivity index (χ1n) is 19.0. The Morgan fingerprint density at radius 1 is 0.915 bits per heavy atom. The molecular formula is C42H47Cl2NO14. The molecule has 2 aromatic carbocycles. The zero-order chi connectivity index (χ0) is 43.2. The fourth-order valence-electron chi connectivity index (χ4n) is 9.57. The smallest absolute Gasteiger partial charge is 0.338 e. The lowest BCUT2D eigenvalue weighted by atomic mass is 9.44. The average molecular weight is 861 g/mol. The van der Waals surface area contributed by atoms with E-state index < -0.39 is 124 Å². The molecule has 1 saturated heterocycles. The topological polar surface area (TPSA) is 224 Å². The lowest BCUT2D eigenvalue weighted by molar-refractivity contribution is -0.346. The van der Waals surface area contributed by atoms with Gasteiger partial charge < -0.3 is 44.4 Å². The van der Waals surface area contributed by atoms with E-state index in [-0.39, 0.29) is 29.7 Å². The molecule has 2 bridgehead atoms. The summed E-state index contributed by atoms with van der Waals surface area (Å²) in [5, 5.41) is 24.8. The molecule has 4 N–H and O–H groups in total. The average Bonchev–Trinajstić information content (AvgIpc) is 3.21. The van der Waals surface area contributed by atoms with Crippen molar-refractivity contribution in [3.8, 4) is 0 Å². The number of aliphatic hydroxyl groups is 2. The number of ether oxygens (including phenoxy) is 6. The zero-order valence-electron chi connectivity index (χ0n) is 33.1. The molecule has 2 saturated carbocycles. The van der Waals surface area contributed by atoms with Gasteiger partial charge in [0.1, 0.15) is 41.8 Å². The van der Waals surface area contributed by atoms with E-state index in [4.69, 9.17) is 57.4 Å². The molecule has 11 atom stereocenters. The van der Waals surface area contributed by atoms with Gasteiger partial charge in [-0.1, -0.05) is 62.4 Å². The van der Waals surface area contributed by atoms with E-state index in [0.29, 0.717) is 5.56 Å².